The number of nitrogens with one attached hydrogen (secondary N) is 1. The van der Waals surface area contributed by atoms with Gasteiger partial charge in [0.25, 0.3) is 17.6 Å². The molecule has 1 N–H and O–H groups in total. The van der Waals surface area contributed by atoms with Crippen LogP contribution in [-0.4, -0.2) is 47.7 Å². The van der Waals surface area contributed by atoms with Crippen LogP contribution in [0, 0.1) is 17.2 Å². The maximum atomic E-state index is 12.4. The molecule has 0 unspecified atom stereocenters. The summed E-state index contributed by atoms with van der Waals surface area (Å²) < 4.78 is 10.4. The number of amides is 1. The zero-order chi connectivity index (χ0) is 23.0. The average Bonchev–Trinajstić information content (AvgIpc) is 3.36. The van der Waals surface area contributed by atoms with Crippen LogP contribution in [0.4, 0.5) is 0 Å². The summed E-state index contributed by atoms with van der Waals surface area (Å²) in [5, 5.41) is 15.6. The molecule has 8 heteroatoms. The zero-order valence-corrected chi connectivity index (χ0v) is 18.7. The molecular formula is C25H27N5O3. The Kier molecular flexibility index (Phi) is 7.33. The van der Waals surface area contributed by atoms with Crippen LogP contribution in [-0.2, 0) is 6.54 Å². The number of ether oxygens (including phenoxy) is 1. The highest BCUT2D eigenvalue weighted by molar-refractivity contribution is 5.90. The molecule has 170 valence electrons. The number of aromatic nitrogens is 2. The fraction of sp³-hybridized carbons (Fsp3) is 0.360. The first kappa shape index (κ1) is 22.5. The molecule has 0 saturated carbocycles. The number of hydrogen-bond donors (Lipinski definition) is 1. The molecule has 0 radical (unpaired) electrons. The van der Waals surface area contributed by atoms with E-state index in [4.69, 9.17) is 14.5 Å². The number of piperidine rings is 1. The van der Waals surface area contributed by atoms with Gasteiger partial charge in [-0.25, -0.2) is 0 Å². The Balaban J connectivity index is 1.18. The van der Waals surface area contributed by atoms with Crippen LogP contribution in [0.25, 0.3) is 11.5 Å². The van der Waals surface area contributed by atoms with E-state index in [1.165, 1.54) is 5.56 Å². The lowest BCUT2D eigenvalue weighted by molar-refractivity contribution is 0.0934. The third-order valence-corrected chi connectivity index (χ3v) is 6.00. The van der Waals surface area contributed by atoms with Gasteiger partial charge in [-0.15, -0.1) is 0 Å². The highest BCUT2D eigenvalue weighted by Crippen LogP contribution is 2.22. The fourth-order valence-corrected chi connectivity index (χ4v) is 4.01. The lowest BCUT2D eigenvalue weighted by Crippen LogP contribution is -2.35. The van der Waals surface area contributed by atoms with Gasteiger partial charge in [0.1, 0.15) is 5.75 Å². The molecule has 0 spiro atoms. The molecule has 0 bridgehead atoms. The third-order valence-electron chi connectivity index (χ3n) is 6.00. The molecule has 0 aliphatic carbocycles. The SMILES string of the molecule is COc1ccc(CN2CCC(CCNC(=O)c3noc(-c4ccc(C#N)cc4)n3)CC2)cc1. The van der Waals surface area contributed by atoms with Crippen molar-refractivity contribution in [3.8, 4) is 23.3 Å². The smallest absolute Gasteiger partial charge is 0.292 e. The molecule has 1 saturated heterocycles. The highest BCUT2D eigenvalue weighted by Gasteiger charge is 2.20. The van der Waals surface area contributed by atoms with Crippen LogP contribution in [0.2, 0.25) is 0 Å². The van der Waals surface area contributed by atoms with E-state index in [1.807, 2.05) is 12.1 Å². The van der Waals surface area contributed by atoms with Gasteiger partial charge in [0.15, 0.2) is 0 Å². The first-order valence-corrected chi connectivity index (χ1v) is 11.1. The van der Waals surface area contributed by atoms with E-state index in [0.29, 0.717) is 23.6 Å². The molecule has 3 aromatic rings. The summed E-state index contributed by atoms with van der Waals surface area (Å²) in [5.74, 6) is 1.41. The largest absolute Gasteiger partial charge is 0.497 e. The van der Waals surface area contributed by atoms with Crippen molar-refractivity contribution >= 4 is 5.91 Å². The first-order valence-electron chi connectivity index (χ1n) is 11.1. The van der Waals surface area contributed by atoms with Crippen molar-refractivity contribution in [2.24, 2.45) is 5.92 Å². The molecule has 1 amide bonds. The number of rotatable bonds is 8. The molecule has 0 atom stereocenters. The van der Waals surface area contributed by atoms with E-state index < -0.39 is 0 Å². The van der Waals surface area contributed by atoms with E-state index in [-0.39, 0.29) is 17.6 Å². The normalized spacial score (nSPS) is 14.5. The van der Waals surface area contributed by atoms with Crippen molar-refractivity contribution in [2.45, 2.75) is 25.8 Å². The van der Waals surface area contributed by atoms with Gasteiger partial charge in [0, 0.05) is 18.7 Å². The summed E-state index contributed by atoms with van der Waals surface area (Å²) >= 11 is 0. The standard InChI is InChI=1S/C25H27N5O3/c1-32-22-8-4-20(5-9-22)17-30-14-11-18(12-15-30)10-13-27-24(31)23-28-25(33-29-23)21-6-2-19(16-26)3-7-21/h2-9,18H,10-15,17H2,1H3,(H,27,31). The van der Waals surface area contributed by atoms with Crippen molar-refractivity contribution in [1.82, 2.24) is 20.4 Å². The number of carbonyl (C=O) groups is 1. The van der Waals surface area contributed by atoms with E-state index >= 15 is 0 Å². The van der Waals surface area contributed by atoms with Crippen LogP contribution in [0.15, 0.2) is 53.1 Å². The molecule has 1 fully saturated rings. The third kappa shape index (κ3) is 5.96. The Morgan fingerprint density at radius 1 is 1.18 bits per heavy atom. The lowest BCUT2D eigenvalue weighted by atomic mass is 9.93. The quantitative estimate of drug-likeness (QED) is 0.564. The summed E-state index contributed by atoms with van der Waals surface area (Å²) in [7, 11) is 1.68. The number of benzene rings is 2. The molecule has 2 aromatic carbocycles. The van der Waals surface area contributed by atoms with Crippen molar-refractivity contribution in [2.75, 3.05) is 26.7 Å². The van der Waals surface area contributed by atoms with Crippen LogP contribution >= 0.6 is 0 Å². The number of methoxy groups -OCH3 is 1. The van der Waals surface area contributed by atoms with Crippen molar-refractivity contribution in [3.05, 3.63) is 65.5 Å². The second-order valence-electron chi connectivity index (χ2n) is 8.22. The Bertz CT molecular complexity index is 1090. The summed E-state index contributed by atoms with van der Waals surface area (Å²) in [5.41, 5.74) is 2.51. The van der Waals surface area contributed by atoms with Gasteiger partial charge >= 0.3 is 0 Å². The van der Waals surface area contributed by atoms with Crippen LogP contribution in [0.1, 0.15) is 41.0 Å². The van der Waals surface area contributed by atoms with Crippen LogP contribution < -0.4 is 10.1 Å². The van der Waals surface area contributed by atoms with Crippen LogP contribution in [0.3, 0.4) is 0 Å². The molecule has 8 nitrogen and oxygen atoms in total. The Morgan fingerprint density at radius 2 is 1.91 bits per heavy atom. The molecule has 4 rings (SSSR count). The predicted molar refractivity (Wildman–Crippen MR) is 122 cm³/mol. The summed E-state index contributed by atoms with van der Waals surface area (Å²) in [4.78, 5) is 19.0. The fourth-order valence-electron chi connectivity index (χ4n) is 4.01. The minimum Gasteiger partial charge on any atom is -0.497 e. The van der Waals surface area contributed by atoms with Gasteiger partial charge in [-0.2, -0.15) is 10.2 Å². The highest BCUT2D eigenvalue weighted by atomic mass is 16.5. The summed E-state index contributed by atoms with van der Waals surface area (Å²) in [6.07, 6.45) is 3.18. The topological polar surface area (TPSA) is 104 Å². The second-order valence-corrected chi connectivity index (χ2v) is 8.22. The molecule has 1 aliphatic rings. The maximum Gasteiger partial charge on any atom is 0.292 e. The zero-order valence-electron chi connectivity index (χ0n) is 18.7. The maximum absolute atomic E-state index is 12.4. The number of hydrogen-bond acceptors (Lipinski definition) is 7. The molecule has 2 heterocycles. The molecular weight excluding hydrogens is 418 g/mol. The van der Waals surface area contributed by atoms with E-state index in [1.54, 1.807) is 31.4 Å². The average molecular weight is 446 g/mol. The Labute approximate surface area is 193 Å². The number of nitrogens with zero attached hydrogens (tertiary/aromatic N) is 4. The summed E-state index contributed by atoms with van der Waals surface area (Å²) in [6.45, 7) is 3.66. The monoisotopic (exact) mass is 445 g/mol. The summed E-state index contributed by atoms with van der Waals surface area (Å²) in [6, 6.07) is 17.1. The molecule has 1 aliphatic heterocycles. The Hall–Kier alpha value is -3.70. The van der Waals surface area contributed by atoms with Gasteiger partial charge in [0.05, 0.1) is 18.7 Å². The molecule has 33 heavy (non-hydrogen) atoms. The minimum absolute atomic E-state index is 0.0173. The van der Waals surface area contributed by atoms with Gasteiger partial charge in [-0.1, -0.05) is 17.3 Å². The minimum atomic E-state index is -0.337. The van der Waals surface area contributed by atoms with E-state index in [9.17, 15) is 4.79 Å². The first-order chi connectivity index (χ1) is 16.1. The predicted octanol–water partition coefficient (Wildman–Crippen LogP) is 3.65. The number of nitriles is 1. The van der Waals surface area contributed by atoms with E-state index in [2.05, 4.69) is 38.6 Å². The molecule has 1 aromatic heterocycles. The number of likely N-dealkylation sites (tertiary alicyclic amines) is 1. The van der Waals surface area contributed by atoms with Gasteiger partial charge in [-0.3, -0.25) is 9.69 Å². The number of carbonyl (C=O) groups excluding carboxylic acids is 1. The second kappa shape index (κ2) is 10.7. The van der Waals surface area contributed by atoms with Crippen molar-refractivity contribution < 1.29 is 14.1 Å². The van der Waals surface area contributed by atoms with E-state index in [0.717, 1.165) is 44.6 Å². The van der Waals surface area contributed by atoms with Gasteiger partial charge < -0.3 is 14.6 Å². The van der Waals surface area contributed by atoms with Gasteiger partial charge in [0.2, 0.25) is 0 Å². The van der Waals surface area contributed by atoms with Crippen molar-refractivity contribution in [1.29, 1.82) is 5.26 Å². The Morgan fingerprint density at radius 3 is 2.58 bits per heavy atom. The lowest BCUT2D eigenvalue weighted by Gasteiger charge is -2.32. The van der Waals surface area contributed by atoms with Crippen LogP contribution in [0.5, 0.6) is 5.75 Å². The van der Waals surface area contributed by atoms with Crippen molar-refractivity contribution in [3.63, 3.8) is 0 Å². The van der Waals surface area contributed by atoms with Gasteiger partial charge in [-0.05, 0) is 80.2 Å².